The molecule has 0 radical (unpaired) electrons. The Kier molecular flexibility index (Phi) is 2.91. The van der Waals surface area contributed by atoms with Crippen LogP contribution in [0.3, 0.4) is 0 Å². The quantitative estimate of drug-likeness (QED) is 0.633. The Balaban J connectivity index is 1.77. The first-order chi connectivity index (χ1) is 11.6. The van der Waals surface area contributed by atoms with Gasteiger partial charge in [-0.1, -0.05) is 24.3 Å². The van der Waals surface area contributed by atoms with Crippen molar-refractivity contribution in [3.05, 3.63) is 47.2 Å². The first-order valence-electron chi connectivity index (χ1n) is 9.27. The molecule has 0 saturated carbocycles. The average Bonchev–Trinajstić information content (AvgIpc) is 2.86. The zero-order valence-electron chi connectivity index (χ0n) is 14.9. The molecule has 1 aromatic heterocycles. The number of hydrogen-bond donors (Lipinski definition) is 1. The number of para-hydroxylation sites is 1. The number of rotatable bonds is 1. The van der Waals surface area contributed by atoms with E-state index in [0.717, 1.165) is 17.4 Å². The number of benzene rings is 1. The molecule has 3 saturated heterocycles. The number of nitrogens with zero attached hydrogens (tertiary/aromatic N) is 2. The number of hydrogen-bond acceptors (Lipinski definition) is 1. The van der Waals surface area contributed by atoms with Crippen molar-refractivity contribution in [3.63, 3.8) is 0 Å². The maximum atomic E-state index is 10.2. The fraction of sp³-hybridized carbons (Fsp3) is 0.524. The minimum Gasteiger partial charge on any atom is -0.396 e. The smallest absolute Gasteiger partial charge is 0.131 e. The van der Waals surface area contributed by atoms with Gasteiger partial charge in [0.2, 0.25) is 0 Å². The number of allylic oxidation sites excluding steroid dienone is 1. The van der Waals surface area contributed by atoms with Crippen molar-refractivity contribution in [2.24, 2.45) is 18.9 Å². The standard InChI is InChI=1S/C21H27N2O/c1-4-13-11-23(3)19-10-16-14-7-5-6-8-18(14)22(2)21(16)20(23)9-15(13)17(19)12-24/h4-8,15,17,19-20,24H,9-12H2,1-3H3/q+1/b13-4-/t15-,17+,19-,20-,23?/m0/s1. The molecule has 2 aromatic rings. The molecule has 4 bridgehead atoms. The van der Waals surface area contributed by atoms with E-state index in [-0.39, 0.29) is 0 Å². The van der Waals surface area contributed by atoms with Crippen LogP contribution in [0.15, 0.2) is 35.9 Å². The third kappa shape index (κ3) is 1.55. The van der Waals surface area contributed by atoms with E-state index in [9.17, 15) is 5.11 Å². The Bertz CT molecular complexity index is 864. The van der Waals surface area contributed by atoms with E-state index in [1.54, 1.807) is 16.8 Å². The predicted molar refractivity (Wildman–Crippen MR) is 96.6 cm³/mol. The minimum absolute atomic E-state index is 0.327. The van der Waals surface area contributed by atoms with Crippen LogP contribution in [-0.4, -0.2) is 40.4 Å². The third-order valence-corrected chi connectivity index (χ3v) is 7.53. The topological polar surface area (TPSA) is 25.2 Å². The molecule has 3 fully saturated rings. The van der Waals surface area contributed by atoms with E-state index in [4.69, 9.17) is 0 Å². The van der Waals surface area contributed by atoms with Gasteiger partial charge in [0.1, 0.15) is 12.6 Å². The number of aromatic nitrogens is 1. The molecular formula is C21H27N2O+. The van der Waals surface area contributed by atoms with E-state index in [1.165, 1.54) is 17.3 Å². The van der Waals surface area contributed by atoms with E-state index < -0.39 is 0 Å². The number of likely N-dealkylation sites (N-methyl/N-ethyl adjacent to an activating group) is 1. The van der Waals surface area contributed by atoms with Crippen molar-refractivity contribution in [2.45, 2.75) is 31.8 Å². The summed E-state index contributed by atoms with van der Waals surface area (Å²) in [4.78, 5) is 0. The van der Waals surface area contributed by atoms with Crippen LogP contribution in [0.2, 0.25) is 0 Å². The molecule has 5 heterocycles. The van der Waals surface area contributed by atoms with Gasteiger partial charge in [0.05, 0.1) is 25.4 Å². The van der Waals surface area contributed by atoms with Crippen LogP contribution in [0, 0.1) is 11.8 Å². The lowest BCUT2D eigenvalue weighted by Crippen LogP contribution is -2.70. The molecule has 4 aliphatic rings. The van der Waals surface area contributed by atoms with E-state index in [2.05, 4.69) is 55.9 Å². The van der Waals surface area contributed by atoms with Gasteiger partial charge in [0, 0.05) is 42.6 Å². The van der Waals surface area contributed by atoms with E-state index in [1.807, 2.05) is 0 Å². The second kappa shape index (κ2) is 4.74. The summed E-state index contributed by atoms with van der Waals surface area (Å²) < 4.78 is 3.55. The average molecular weight is 323 g/mol. The molecule has 1 N–H and O–H groups in total. The fourth-order valence-corrected chi connectivity index (χ4v) is 6.40. The number of fused-ring (bicyclic) bond motifs is 4. The summed E-state index contributed by atoms with van der Waals surface area (Å²) >= 11 is 0. The minimum atomic E-state index is 0.327. The first kappa shape index (κ1) is 14.7. The molecule has 4 aliphatic heterocycles. The Morgan fingerprint density at radius 2 is 2.12 bits per heavy atom. The zero-order chi connectivity index (χ0) is 16.6. The third-order valence-electron chi connectivity index (χ3n) is 7.53. The van der Waals surface area contributed by atoms with Gasteiger partial charge in [-0.05, 0) is 24.1 Å². The van der Waals surface area contributed by atoms with Crippen molar-refractivity contribution < 1.29 is 9.59 Å². The van der Waals surface area contributed by atoms with Gasteiger partial charge in [-0.3, -0.25) is 0 Å². The lowest BCUT2D eigenvalue weighted by Gasteiger charge is -2.63. The maximum Gasteiger partial charge on any atom is 0.131 e. The highest BCUT2D eigenvalue weighted by atomic mass is 16.3. The van der Waals surface area contributed by atoms with Gasteiger partial charge in [-0.25, -0.2) is 0 Å². The van der Waals surface area contributed by atoms with Crippen molar-refractivity contribution in [1.82, 2.24) is 4.57 Å². The second-order valence-corrected chi connectivity index (χ2v) is 8.28. The Morgan fingerprint density at radius 1 is 1.33 bits per heavy atom. The number of aliphatic hydroxyl groups excluding tert-OH is 1. The Morgan fingerprint density at radius 3 is 2.88 bits per heavy atom. The van der Waals surface area contributed by atoms with Crippen LogP contribution in [0.5, 0.6) is 0 Å². The Labute approximate surface area is 143 Å². The molecule has 0 spiro atoms. The summed E-state index contributed by atoms with van der Waals surface area (Å²) in [7, 11) is 4.69. The second-order valence-electron chi connectivity index (χ2n) is 8.28. The normalized spacial score (nSPS) is 38.8. The maximum absolute atomic E-state index is 10.2. The molecule has 126 valence electrons. The SMILES string of the molecule is C/C=C1/C[N+]2(C)[C@H]3C[C@@H]1[C@@H](CO)[C@@H]2Cc1c3n(C)c2ccccc12. The van der Waals surface area contributed by atoms with Crippen molar-refractivity contribution in [1.29, 1.82) is 0 Å². The summed E-state index contributed by atoms with van der Waals surface area (Å²) in [5.41, 5.74) is 6.06. The summed E-state index contributed by atoms with van der Waals surface area (Å²) in [6.07, 6.45) is 4.62. The van der Waals surface area contributed by atoms with Crippen molar-refractivity contribution in [3.8, 4) is 0 Å². The van der Waals surface area contributed by atoms with Gasteiger partial charge in [-0.15, -0.1) is 0 Å². The largest absolute Gasteiger partial charge is 0.396 e. The molecule has 1 aromatic carbocycles. The van der Waals surface area contributed by atoms with Gasteiger partial charge >= 0.3 is 0 Å². The highest BCUT2D eigenvalue weighted by molar-refractivity contribution is 5.86. The molecule has 1 unspecified atom stereocenters. The van der Waals surface area contributed by atoms with Crippen LogP contribution >= 0.6 is 0 Å². The monoisotopic (exact) mass is 323 g/mol. The summed E-state index contributed by atoms with van der Waals surface area (Å²) in [6.45, 7) is 3.66. The summed E-state index contributed by atoms with van der Waals surface area (Å²) in [5.74, 6) is 0.986. The van der Waals surface area contributed by atoms with Gasteiger partial charge in [0.15, 0.2) is 0 Å². The van der Waals surface area contributed by atoms with Crippen molar-refractivity contribution >= 4 is 10.9 Å². The van der Waals surface area contributed by atoms with Crippen LogP contribution < -0.4 is 0 Å². The van der Waals surface area contributed by atoms with Crippen LogP contribution in [0.25, 0.3) is 10.9 Å². The molecule has 3 nitrogen and oxygen atoms in total. The Hall–Kier alpha value is -1.58. The van der Waals surface area contributed by atoms with Crippen LogP contribution in [-0.2, 0) is 13.5 Å². The molecule has 6 rings (SSSR count). The summed E-state index contributed by atoms with van der Waals surface area (Å²) in [5, 5.41) is 11.6. The van der Waals surface area contributed by atoms with Gasteiger partial charge < -0.3 is 14.2 Å². The van der Waals surface area contributed by atoms with Crippen LogP contribution in [0.4, 0.5) is 0 Å². The highest BCUT2D eigenvalue weighted by Gasteiger charge is 2.61. The molecule has 5 atom stereocenters. The fourth-order valence-electron chi connectivity index (χ4n) is 6.40. The van der Waals surface area contributed by atoms with E-state index >= 15 is 0 Å². The van der Waals surface area contributed by atoms with Crippen LogP contribution in [0.1, 0.15) is 30.6 Å². The number of piperidine rings is 3. The predicted octanol–water partition coefficient (Wildman–Crippen LogP) is 3.18. The van der Waals surface area contributed by atoms with Crippen molar-refractivity contribution in [2.75, 3.05) is 20.2 Å². The number of aliphatic hydroxyl groups is 1. The lowest BCUT2D eigenvalue weighted by molar-refractivity contribution is -0.978. The highest BCUT2D eigenvalue weighted by Crippen LogP contribution is 2.58. The lowest BCUT2D eigenvalue weighted by atomic mass is 9.62. The molecule has 3 heteroatoms. The number of quaternary nitrogens is 1. The van der Waals surface area contributed by atoms with E-state index in [0.29, 0.717) is 30.5 Å². The molecular weight excluding hydrogens is 296 g/mol. The number of aryl methyl sites for hydroxylation is 1. The first-order valence-corrected chi connectivity index (χ1v) is 9.27. The van der Waals surface area contributed by atoms with Gasteiger partial charge in [-0.2, -0.15) is 0 Å². The molecule has 0 amide bonds. The zero-order valence-corrected chi connectivity index (χ0v) is 14.9. The molecule has 0 aliphatic carbocycles. The molecule has 24 heavy (non-hydrogen) atoms. The van der Waals surface area contributed by atoms with Gasteiger partial charge in [0.25, 0.3) is 0 Å². The summed E-state index contributed by atoms with van der Waals surface area (Å²) in [6, 6.07) is 9.99.